The second kappa shape index (κ2) is 1.90. The molecule has 0 saturated carbocycles. The van der Waals surface area contributed by atoms with E-state index in [9.17, 15) is 4.79 Å². The highest BCUT2D eigenvalue weighted by Gasteiger charge is 2.29. The fraction of sp³-hybridized carbons (Fsp3) is 0.500. The Labute approximate surface area is 58.1 Å². The Morgan fingerprint density at radius 2 is 2.10 bits per heavy atom. The van der Waals surface area contributed by atoms with Crippen LogP contribution in [0.3, 0.4) is 0 Å². The molecule has 1 aliphatic rings. The Morgan fingerprint density at radius 3 is 2.50 bits per heavy atom. The van der Waals surface area contributed by atoms with E-state index < -0.39 is 17.7 Å². The van der Waals surface area contributed by atoms with Gasteiger partial charge in [-0.1, -0.05) is 0 Å². The quantitative estimate of drug-likeness (QED) is 0.508. The molecule has 0 aromatic heterocycles. The summed E-state index contributed by atoms with van der Waals surface area (Å²) in [7, 11) is 0. The first-order valence-corrected chi connectivity index (χ1v) is 2.82. The van der Waals surface area contributed by atoms with E-state index in [1.54, 1.807) is 0 Å². The molecule has 0 bridgehead atoms. The fourth-order valence-corrected chi connectivity index (χ4v) is 0.675. The largest absolute Gasteiger partial charge is 0.481 e. The minimum absolute atomic E-state index is 0.402. The normalized spacial score (nSPS) is 22.6. The molecule has 1 heterocycles. The predicted octanol–water partition coefficient (Wildman–Crippen LogP) is 0.695. The number of carbonyl (C=O) groups is 1. The Morgan fingerprint density at radius 1 is 1.50 bits per heavy atom. The van der Waals surface area contributed by atoms with E-state index in [1.807, 2.05) is 0 Å². The first-order valence-electron chi connectivity index (χ1n) is 2.82. The molecule has 4 nitrogen and oxygen atoms in total. The summed E-state index contributed by atoms with van der Waals surface area (Å²) in [5.74, 6) is -2.04. The Hall–Kier alpha value is -1.19. The molecule has 0 unspecified atom stereocenters. The van der Waals surface area contributed by atoms with Gasteiger partial charge < -0.3 is 14.6 Å². The summed E-state index contributed by atoms with van der Waals surface area (Å²) in [6.07, 6.45) is 0.880. The number of hydrogen-bond donors (Lipinski definition) is 1. The molecule has 0 atom stereocenters. The molecule has 1 rings (SSSR count). The average Bonchev–Trinajstić information content (AvgIpc) is 1.54. The highest BCUT2D eigenvalue weighted by Crippen LogP contribution is 2.19. The van der Waals surface area contributed by atoms with Crippen LogP contribution in [0.4, 0.5) is 0 Å². The topological polar surface area (TPSA) is 55.8 Å². The van der Waals surface area contributed by atoms with Crippen LogP contribution < -0.4 is 0 Å². The monoisotopic (exact) mass is 144 g/mol. The van der Waals surface area contributed by atoms with Crippen molar-refractivity contribution in [2.45, 2.75) is 19.6 Å². The lowest BCUT2D eigenvalue weighted by Crippen LogP contribution is -2.34. The van der Waals surface area contributed by atoms with Crippen molar-refractivity contribution < 1.29 is 19.4 Å². The molecule has 1 N–H and O–H groups in total. The predicted molar refractivity (Wildman–Crippen MR) is 32.0 cm³/mol. The number of aliphatic hydroxyl groups excluding tert-OH is 1. The first-order chi connectivity index (χ1) is 4.49. The maximum atomic E-state index is 10.6. The standard InChI is InChI=1S/C6H8O4/c1-6(2)9-4(7)3-5(8)10-6/h3,7H,1-2H3. The summed E-state index contributed by atoms with van der Waals surface area (Å²) in [6, 6.07) is 0. The maximum absolute atomic E-state index is 10.6. The molecule has 0 aromatic rings. The van der Waals surface area contributed by atoms with Crippen molar-refractivity contribution >= 4 is 5.97 Å². The molecule has 1 aliphatic heterocycles. The fourth-order valence-electron chi connectivity index (χ4n) is 0.675. The van der Waals surface area contributed by atoms with Crippen LogP contribution in [-0.2, 0) is 14.3 Å². The SMILES string of the molecule is CC1(C)OC(=O)C=C(O)O1. The van der Waals surface area contributed by atoms with Crippen LogP contribution in [0.15, 0.2) is 12.0 Å². The van der Waals surface area contributed by atoms with Gasteiger partial charge in [0.2, 0.25) is 0 Å². The van der Waals surface area contributed by atoms with Gasteiger partial charge in [-0.2, -0.15) is 0 Å². The molecule has 0 fully saturated rings. The second-order valence-corrected chi connectivity index (χ2v) is 2.41. The number of hydrogen-bond acceptors (Lipinski definition) is 4. The zero-order valence-electron chi connectivity index (χ0n) is 5.75. The van der Waals surface area contributed by atoms with Crippen LogP contribution >= 0.6 is 0 Å². The van der Waals surface area contributed by atoms with E-state index in [2.05, 4.69) is 4.74 Å². The van der Waals surface area contributed by atoms with Crippen molar-refractivity contribution in [1.82, 2.24) is 0 Å². The van der Waals surface area contributed by atoms with Gasteiger partial charge in [0.25, 0.3) is 11.7 Å². The number of carbonyl (C=O) groups excluding carboxylic acids is 1. The van der Waals surface area contributed by atoms with Crippen LogP contribution in [0.2, 0.25) is 0 Å². The molecule has 4 heteroatoms. The number of cyclic esters (lactones) is 1. The maximum Gasteiger partial charge on any atom is 0.341 e. The minimum Gasteiger partial charge on any atom is -0.481 e. The molecular formula is C6H8O4. The summed E-state index contributed by atoms with van der Waals surface area (Å²) in [4.78, 5) is 10.6. The average molecular weight is 144 g/mol. The number of aliphatic hydroxyl groups is 1. The van der Waals surface area contributed by atoms with Crippen molar-refractivity contribution in [3.8, 4) is 0 Å². The summed E-state index contributed by atoms with van der Waals surface area (Å²) in [5, 5.41) is 8.75. The first kappa shape index (κ1) is 6.92. The zero-order chi connectivity index (χ0) is 7.78. The van der Waals surface area contributed by atoms with Crippen LogP contribution in [0.5, 0.6) is 0 Å². The lowest BCUT2D eigenvalue weighted by atomic mass is 10.3. The number of rotatable bonds is 0. The Kier molecular flexibility index (Phi) is 1.31. The van der Waals surface area contributed by atoms with Gasteiger partial charge in [-0.15, -0.1) is 0 Å². The van der Waals surface area contributed by atoms with E-state index in [0.717, 1.165) is 6.08 Å². The zero-order valence-corrected chi connectivity index (χ0v) is 5.75. The van der Waals surface area contributed by atoms with Crippen molar-refractivity contribution in [1.29, 1.82) is 0 Å². The minimum atomic E-state index is -1.05. The van der Waals surface area contributed by atoms with Crippen molar-refractivity contribution in [3.63, 3.8) is 0 Å². The van der Waals surface area contributed by atoms with Crippen LogP contribution in [0.1, 0.15) is 13.8 Å². The molecule has 56 valence electrons. The molecular weight excluding hydrogens is 136 g/mol. The summed E-state index contributed by atoms with van der Waals surface area (Å²) < 4.78 is 9.36. The van der Waals surface area contributed by atoms with Crippen LogP contribution in [-0.4, -0.2) is 16.9 Å². The number of esters is 1. The smallest absolute Gasteiger partial charge is 0.341 e. The highest BCUT2D eigenvalue weighted by molar-refractivity contribution is 5.82. The van der Waals surface area contributed by atoms with Crippen molar-refractivity contribution in [2.75, 3.05) is 0 Å². The van der Waals surface area contributed by atoms with Crippen LogP contribution in [0, 0.1) is 0 Å². The molecule has 0 spiro atoms. The van der Waals surface area contributed by atoms with E-state index in [0.29, 0.717) is 0 Å². The van der Waals surface area contributed by atoms with Gasteiger partial charge in [0.1, 0.15) is 6.08 Å². The lowest BCUT2D eigenvalue weighted by Gasteiger charge is -2.27. The molecule has 0 radical (unpaired) electrons. The van der Waals surface area contributed by atoms with Crippen molar-refractivity contribution in [3.05, 3.63) is 12.0 Å². The van der Waals surface area contributed by atoms with E-state index in [-0.39, 0.29) is 0 Å². The third-order valence-electron chi connectivity index (χ3n) is 0.938. The number of ether oxygens (including phenoxy) is 2. The molecule has 0 aromatic carbocycles. The summed E-state index contributed by atoms with van der Waals surface area (Å²) in [5.41, 5.74) is 0. The molecule has 0 amide bonds. The summed E-state index contributed by atoms with van der Waals surface area (Å²) in [6.45, 7) is 3.07. The molecule has 10 heavy (non-hydrogen) atoms. The summed E-state index contributed by atoms with van der Waals surface area (Å²) >= 11 is 0. The Bertz CT molecular complexity index is 192. The highest BCUT2D eigenvalue weighted by atomic mass is 16.8. The lowest BCUT2D eigenvalue weighted by molar-refractivity contribution is -0.219. The van der Waals surface area contributed by atoms with Gasteiger partial charge in [-0.3, -0.25) is 0 Å². The molecule has 0 saturated heterocycles. The van der Waals surface area contributed by atoms with Gasteiger partial charge in [-0.25, -0.2) is 4.79 Å². The van der Waals surface area contributed by atoms with Gasteiger partial charge in [0, 0.05) is 13.8 Å². The van der Waals surface area contributed by atoms with Gasteiger partial charge in [0.15, 0.2) is 0 Å². The van der Waals surface area contributed by atoms with Gasteiger partial charge >= 0.3 is 5.97 Å². The van der Waals surface area contributed by atoms with Crippen molar-refractivity contribution in [2.24, 2.45) is 0 Å². The second-order valence-electron chi connectivity index (χ2n) is 2.41. The molecule has 0 aliphatic carbocycles. The third kappa shape index (κ3) is 1.40. The van der Waals surface area contributed by atoms with Gasteiger partial charge in [-0.05, 0) is 0 Å². The third-order valence-corrected chi connectivity index (χ3v) is 0.938. The van der Waals surface area contributed by atoms with Crippen LogP contribution in [0.25, 0.3) is 0 Å². The van der Waals surface area contributed by atoms with E-state index in [4.69, 9.17) is 9.84 Å². The Balaban J connectivity index is 2.80. The van der Waals surface area contributed by atoms with E-state index in [1.165, 1.54) is 13.8 Å². The van der Waals surface area contributed by atoms with E-state index >= 15 is 0 Å². The van der Waals surface area contributed by atoms with Gasteiger partial charge in [0.05, 0.1) is 0 Å².